The highest BCUT2D eigenvalue weighted by Crippen LogP contribution is 2.34. The molecule has 0 spiro atoms. The summed E-state index contributed by atoms with van der Waals surface area (Å²) in [5.41, 5.74) is 1.20. The van der Waals surface area contributed by atoms with Crippen molar-refractivity contribution >= 4 is 5.91 Å². The van der Waals surface area contributed by atoms with Crippen LogP contribution in [0.4, 0.5) is 0 Å². The third kappa shape index (κ3) is 4.79. The van der Waals surface area contributed by atoms with Crippen molar-refractivity contribution in [2.75, 3.05) is 21.3 Å². The molecule has 150 valence electrons. The number of benzene rings is 3. The van der Waals surface area contributed by atoms with Crippen molar-refractivity contribution in [2.24, 2.45) is 0 Å². The average Bonchev–Trinajstić information content (AvgIpc) is 2.77. The number of carbonyl (C=O) groups is 1. The molecule has 0 bridgehead atoms. The van der Waals surface area contributed by atoms with Gasteiger partial charge in [-0.3, -0.25) is 4.79 Å². The zero-order valence-electron chi connectivity index (χ0n) is 16.6. The lowest BCUT2D eigenvalue weighted by atomic mass is 10.1. The SMILES string of the molecule is COc1cc(OC)c(OC)cc1CNC(=O)c1ccccc1Oc1ccccc1. The Morgan fingerprint density at radius 1 is 0.759 bits per heavy atom. The highest BCUT2D eigenvalue weighted by molar-refractivity contribution is 5.97. The van der Waals surface area contributed by atoms with Gasteiger partial charge in [0.25, 0.3) is 5.91 Å². The number of ether oxygens (including phenoxy) is 4. The van der Waals surface area contributed by atoms with Crippen molar-refractivity contribution in [1.82, 2.24) is 5.32 Å². The van der Waals surface area contributed by atoms with Crippen LogP contribution in [0, 0.1) is 0 Å². The highest BCUT2D eigenvalue weighted by Gasteiger charge is 2.16. The molecule has 3 aromatic carbocycles. The Kier molecular flexibility index (Phi) is 6.58. The lowest BCUT2D eigenvalue weighted by Crippen LogP contribution is -2.23. The van der Waals surface area contributed by atoms with Crippen molar-refractivity contribution in [1.29, 1.82) is 0 Å². The number of para-hydroxylation sites is 2. The molecule has 1 N–H and O–H groups in total. The Balaban J connectivity index is 1.78. The van der Waals surface area contributed by atoms with Crippen molar-refractivity contribution in [3.05, 3.63) is 77.9 Å². The molecule has 6 nitrogen and oxygen atoms in total. The van der Waals surface area contributed by atoms with E-state index >= 15 is 0 Å². The van der Waals surface area contributed by atoms with Crippen molar-refractivity contribution in [3.63, 3.8) is 0 Å². The number of methoxy groups -OCH3 is 3. The largest absolute Gasteiger partial charge is 0.496 e. The molecule has 0 atom stereocenters. The van der Waals surface area contributed by atoms with E-state index in [2.05, 4.69) is 5.32 Å². The summed E-state index contributed by atoms with van der Waals surface area (Å²) < 4.78 is 21.9. The summed E-state index contributed by atoms with van der Waals surface area (Å²) >= 11 is 0. The molecule has 29 heavy (non-hydrogen) atoms. The van der Waals surface area contributed by atoms with Crippen LogP contribution in [0.3, 0.4) is 0 Å². The van der Waals surface area contributed by atoms with Crippen LogP contribution in [-0.4, -0.2) is 27.2 Å². The van der Waals surface area contributed by atoms with Crippen molar-refractivity contribution in [2.45, 2.75) is 6.54 Å². The van der Waals surface area contributed by atoms with Gasteiger partial charge in [-0.15, -0.1) is 0 Å². The minimum atomic E-state index is -0.256. The molecule has 0 radical (unpaired) electrons. The lowest BCUT2D eigenvalue weighted by Gasteiger charge is -2.15. The van der Waals surface area contributed by atoms with Gasteiger partial charge in [-0.1, -0.05) is 30.3 Å². The van der Waals surface area contributed by atoms with Gasteiger partial charge >= 0.3 is 0 Å². The molecular weight excluding hydrogens is 370 g/mol. The average molecular weight is 393 g/mol. The number of hydrogen-bond donors (Lipinski definition) is 1. The van der Waals surface area contributed by atoms with E-state index in [0.717, 1.165) is 5.56 Å². The fourth-order valence-electron chi connectivity index (χ4n) is 2.86. The molecule has 0 aromatic heterocycles. The molecule has 0 aliphatic rings. The van der Waals surface area contributed by atoms with Crippen molar-refractivity contribution in [3.8, 4) is 28.7 Å². The van der Waals surface area contributed by atoms with Crippen LogP contribution in [0.2, 0.25) is 0 Å². The second-order valence-corrected chi connectivity index (χ2v) is 6.11. The minimum Gasteiger partial charge on any atom is -0.496 e. The lowest BCUT2D eigenvalue weighted by molar-refractivity contribution is 0.0948. The van der Waals surface area contributed by atoms with Gasteiger partial charge in [-0.05, 0) is 30.3 Å². The predicted molar refractivity (Wildman–Crippen MR) is 110 cm³/mol. The van der Waals surface area contributed by atoms with Crippen LogP contribution >= 0.6 is 0 Å². The predicted octanol–water partition coefficient (Wildman–Crippen LogP) is 4.43. The molecule has 6 heteroatoms. The molecule has 0 aliphatic carbocycles. The zero-order valence-corrected chi connectivity index (χ0v) is 16.6. The van der Waals surface area contributed by atoms with Gasteiger partial charge in [0.15, 0.2) is 11.5 Å². The molecule has 3 rings (SSSR count). The Morgan fingerprint density at radius 3 is 2.07 bits per heavy atom. The van der Waals surface area contributed by atoms with E-state index in [4.69, 9.17) is 18.9 Å². The van der Waals surface area contributed by atoms with E-state index < -0.39 is 0 Å². The molecular formula is C23H23NO5. The van der Waals surface area contributed by atoms with Crippen LogP contribution in [-0.2, 0) is 6.54 Å². The number of carbonyl (C=O) groups excluding carboxylic acids is 1. The summed E-state index contributed by atoms with van der Waals surface area (Å²) in [6, 6.07) is 19.9. The maximum atomic E-state index is 12.8. The maximum absolute atomic E-state index is 12.8. The first kappa shape index (κ1) is 20.1. The van der Waals surface area contributed by atoms with Crippen LogP contribution in [0.25, 0.3) is 0 Å². The Morgan fingerprint density at radius 2 is 1.38 bits per heavy atom. The van der Waals surface area contributed by atoms with E-state index in [1.807, 2.05) is 36.4 Å². The van der Waals surface area contributed by atoms with E-state index in [1.165, 1.54) is 0 Å². The molecule has 0 aliphatic heterocycles. The second-order valence-electron chi connectivity index (χ2n) is 6.11. The Hall–Kier alpha value is -3.67. The normalized spacial score (nSPS) is 10.2. The van der Waals surface area contributed by atoms with Gasteiger partial charge in [0, 0.05) is 18.2 Å². The van der Waals surface area contributed by atoms with E-state index in [0.29, 0.717) is 34.3 Å². The van der Waals surface area contributed by atoms with Gasteiger partial charge in [-0.2, -0.15) is 0 Å². The third-order valence-electron chi connectivity index (χ3n) is 4.33. The number of rotatable bonds is 8. The van der Waals surface area contributed by atoms with E-state index in [9.17, 15) is 4.79 Å². The summed E-state index contributed by atoms with van der Waals surface area (Å²) in [5, 5.41) is 2.91. The number of amides is 1. The van der Waals surface area contributed by atoms with E-state index in [1.54, 1.807) is 51.7 Å². The zero-order chi connectivity index (χ0) is 20.6. The third-order valence-corrected chi connectivity index (χ3v) is 4.33. The fraction of sp³-hybridized carbons (Fsp3) is 0.174. The number of hydrogen-bond acceptors (Lipinski definition) is 5. The van der Waals surface area contributed by atoms with Crippen molar-refractivity contribution < 1.29 is 23.7 Å². The van der Waals surface area contributed by atoms with Crippen LogP contribution in [0.15, 0.2) is 66.7 Å². The number of nitrogens with one attached hydrogen (secondary N) is 1. The van der Waals surface area contributed by atoms with Crippen LogP contribution in [0.5, 0.6) is 28.7 Å². The molecule has 1 amide bonds. The van der Waals surface area contributed by atoms with Gasteiger partial charge < -0.3 is 24.3 Å². The molecule has 0 heterocycles. The second kappa shape index (κ2) is 9.50. The highest BCUT2D eigenvalue weighted by atomic mass is 16.5. The summed E-state index contributed by atoms with van der Waals surface area (Å²) in [6.07, 6.45) is 0. The molecule has 0 fully saturated rings. The van der Waals surface area contributed by atoms with Crippen LogP contribution in [0.1, 0.15) is 15.9 Å². The first-order valence-electron chi connectivity index (χ1n) is 9.05. The topological polar surface area (TPSA) is 66.0 Å². The van der Waals surface area contributed by atoms with E-state index in [-0.39, 0.29) is 12.5 Å². The fourth-order valence-corrected chi connectivity index (χ4v) is 2.86. The quantitative estimate of drug-likeness (QED) is 0.613. The standard InChI is InChI=1S/C23H23NO5/c1-26-20-14-22(28-3)21(27-2)13-16(20)15-24-23(25)18-11-7-8-12-19(18)29-17-9-5-4-6-10-17/h4-14H,15H2,1-3H3,(H,24,25). The Bertz CT molecular complexity index is 972. The summed E-state index contributed by atoms with van der Waals surface area (Å²) in [6.45, 7) is 0.252. The minimum absolute atomic E-state index is 0.252. The Labute approximate surface area is 170 Å². The smallest absolute Gasteiger partial charge is 0.255 e. The van der Waals surface area contributed by atoms with Gasteiger partial charge in [0.05, 0.1) is 26.9 Å². The van der Waals surface area contributed by atoms with Gasteiger partial charge in [0.2, 0.25) is 0 Å². The maximum Gasteiger partial charge on any atom is 0.255 e. The molecule has 0 saturated heterocycles. The van der Waals surface area contributed by atoms with Crippen LogP contribution < -0.4 is 24.3 Å². The van der Waals surface area contributed by atoms with Gasteiger partial charge in [-0.25, -0.2) is 0 Å². The first-order chi connectivity index (χ1) is 14.2. The molecule has 3 aromatic rings. The molecule has 0 unspecified atom stereocenters. The summed E-state index contributed by atoms with van der Waals surface area (Å²) in [7, 11) is 4.68. The summed E-state index contributed by atoms with van der Waals surface area (Å²) in [5.74, 6) is 2.60. The first-order valence-corrected chi connectivity index (χ1v) is 9.05. The summed E-state index contributed by atoms with van der Waals surface area (Å²) in [4.78, 5) is 12.8. The molecule has 0 saturated carbocycles. The van der Waals surface area contributed by atoms with Gasteiger partial charge in [0.1, 0.15) is 17.2 Å². The monoisotopic (exact) mass is 393 g/mol.